The fourth-order valence-corrected chi connectivity index (χ4v) is 6.02. The van der Waals surface area contributed by atoms with Crippen molar-refractivity contribution in [1.82, 2.24) is 14.5 Å². The highest BCUT2D eigenvalue weighted by atomic mass is 32.2. The van der Waals surface area contributed by atoms with Gasteiger partial charge < -0.3 is 15.5 Å². The van der Waals surface area contributed by atoms with Gasteiger partial charge in [0.15, 0.2) is 0 Å². The van der Waals surface area contributed by atoms with Gasteiger partial charge in [-0.2, -0.15) is 17.5 Å². The van der Waals surface area contributed by atoms with E-state index >= 15 is 0 Å². The predicted octanol–water partition coefficient (Wildman–Crippen LogP) is 5.05. The maximum absolute atomic E-state index is 13.6. The number of hydrogen-bond donors (Lipinski definition) is 2. The molecule has 218 valence electrons. The zero-order chi connectivity index (χ0) is 29.8. The minimum Gasteiger partial charge on any atom is -0.351 e. The van der Waals surface area contributed by atoms with E-state index in [1.54, 1.807) is 30.3 Å². The van der Waals surface area contributed by atoms with Gasteiger partial charge in [-0.25, -0.2) is 13.2 Å². The third-order valence-corrected chi connectivity index (χ3v) is 8.77. The van der Waals surface area contributed by atoms with Gasteiger partial charge in [-0.3, -0.25) is 4.79 Å². The Balaban J connectivity index is 1.56. The maximum atomic E-state index is 13.6. The number of carbonyl (C=O) groups is 2. The van der Waals surface area contributed by atoms with Crippen molar-refractivity contribution >= 4 is 27.6 Å². The van der Waals surface area contributed by atoms with Crippen molar-refractivity contribution < 1.29 is 31.2 Å². The molecule has 2 N–H and O–H groups in total. The number of carbonyl (C=O) groups excluding carboxylic acids is 2. The smallest absolute Gasteiger partial charge is 0.351 e. The molecule has 3 amide bonds. The Kier molecular flexibility index (Phi) is 9.03. The molecule has 1 saturated heterocycles. The Labute approximate surface area is 237 Å². The molecule has 0 unspecified atom stereocenters. The van der Waals surface area contributed by atoms with E-state index in [0.29, 0.717) is 23.7 Å². The summed E-state index contributed by atoms with van der Waals surface area (Å²) in [4.78, 5) is 27.4. The van der Waals surface area contributed by atoms with Crippen LogP contribution in [0.3, 0.4) is 0 Å². The first-order valence-corrected chi connectivity index (χ1v) is 14.5. The molecule has 1 aliphatic rings. The van der Waals surface area contributed by atoms with Gasteiger partial charge in [-0.15, -0.1) is 0 Å². The second-order valence-corrected chi connectivity index (χ2v) is 11.9. The zero-order valence-electron chi connectivity index (χ0n) is 22.6. The van der Waals surface area contributed by atoms with E-state index < -0.39 is 39.7 Å². The Bertz CT molecular complexity index is 1460. The molecule has 0 bridgehead atoms. The standard InChI is InChI=1S/C29H31F3N4O4S/c1-20(2)22-10-8-21(9-11-22)18-33-27(37)26-19-35(28(38)34-24-6-4-3-5-7-24)16-17-36(26)41(39,40)25-14-12-23(13-15-25)29(30,31)32/h3-15,20,26H,16-19H2,1-2H3,(H,33,37)(H,34,38)/t26-/m1/s1. The number of hydrogen-bond acceptors (Lipinski definition) is 4. The number of anilines is 1. The van der Waals surface area contributed by atoms with Crippen molar-refractivity contribution in [3.63, 3.8) is 0 Å². The second-order valence-electron chi connectivity index (χ2n) is 10.0. The minimum absolute atomic E-state index is 0.0288. The van der Waals surface area contributed by atoms with Gasteiger partial charge in [0.25, 0.3) is 0 Å². The summed E-state index contributed by atoms with van der Waals surface area (Å²) in [5, 5.41) is 5.49. The molecule has 41 heavy (non-hydrogen) atoms. The van der Waals surface area contributed by atoms with Crippen LogP contribution in [-0.2, 0) is 27.5 Å². The zero-order valence-corrected chi connectivity index (χ0v) is 23.4. The first-order valence-electron chi connectivity index (χ1n) is 13.0. The average molecular weight is 589 g/mol. The maximum Gasteiger partial charge on any atom is 0.416 e. The molecule has 0 aromatic heterocycles. The molecule has 12 heteroatoms. The van der Waals surface area contributed by atoms with Crippen molar-refractivity contribution in [2.45, 2.75) is 43.4 Å². The second kappa shape index (κ2) is 12.3. The fraction of sp³-hybridized carbons (Fsp3) is 0.310. The molecule has 1 fully saturated rings. The minimum atomic E-state index is -4.63. The molecular formula is C29H31F3N4O4S. The van der Waals surface area contributed by atoms with Crippen LogP contribution in [0.15, 0.2) is 83.8 Å². The first-order chi connectivity index (χ1) is 19.4. The van der Waals surface area contributed by atoms with Gasteiger partial charge in [-0.1, -0.05) is 56.3 Å². The van der Waals surface area contributed by atoms with Crippen LogP contribution in [0.5, 0.6) is 0 Å². The molecule has 1 heterocycles. The van der Waals surface area contributed by atoms with E-state index in [0.717, 1.165) is 27.6 Å². The third-order valence-electron chi connectivity index (χ3n) is 6.85. The first kappa shape index (κ1) is 30.1. The van der Waals surface area contributed by atoms with Crippen molar-refractivity contribution in [2.24, 2.45) is 0 Å². The largest absolute Gasteiger partial charge is 0.416 e. The number of benzene rings is 3. The van der Waals surface area contributed by atoms with Crippen LogP contribution in [0.25, 0.3) is 0 Å². The van der Waals surface area contributed by atoms with E-state index in [1.165, 1.54) is 4.90 Å². The molecule has 1 atom stereocenters. The summed E-state index contributed by atoms with van der Waals surface area (Å²) >= 11 is 0. The van der Waals surface area contributed by atoms with Crippen LogP contribution >= 0.6 is 0 Å². The lowest BCUT2D eigenvalue weighted by Gasteiger charge is -2.39. The Morgan fingerprint density at radius 3 is 2.15 bits per heavy atom. The van der Waals surface area contributed by atoms with Crippen molar-refractivity contribution in [2.75, 3.05) is 25.0 Å². The van der Waals surface area contributed by atoms with Crippen molar-refractivity contribution in [1.29, 1.82) is 0 Å². The molecule has 0 saturated carbocycles. The number of halogens is 3. The van der Waals surface area contributed by atoms with E-state index in [4.69, 9.17) is 0 Å². The quantitative estimate of drug-likeness (QED) is 0.404. The van der Waals surface area contributed by atoms with Gasteiger partial charge in [0.05, 0.1) is 10.5 Å². The molecule has 3 aromatic carbocycles. The number of amides is 3. The molecule has 8 nitrogen and oxygen atoms in total. The topological polar surface area (TPSA) is 98.8 Å². The number of para-hydroxylation sites is 1. The van der Waals surface area contributed by atoms with E-state index in [-0.39, 0.29) is 31.1 Å². The monoisotopic (exact) mass is 588 g/mol. The number of nitrogens with zero attached hydrogens (tertiary/aromatic N) is 2. The van der Waals surface area contributed by atoms with Crippen LogP contribution in [0.4, 0.5) is 23.7 Å². The SMILES string of the molecule is CC(C)c1ccc(CNC(=O)[C@H]2CN(C(=O)Nc3ccccc3)CCN2S(=O)(=O)c2ccc(C(F)(F)F)cc2)cc1. The van der Waals surface area contributed by atoms with E-state index in [9.17, 15) is 31.2 Å². The summed E-state index contributed by atoms with van der Waals surface area (Å²) in [6.07, 6.45) is -4.63. The van der Waals surface area contributed by atoms with Crippen LogP contribution < -0.4 is 10.6 Å². The van der Waals surface area contributed by atoms with E-state index in [1.807, 2.05) is 24.3 Å². The summed E-state index contributed by atoms with van der Waals surface area (Å²) in [7, 11) is -4.38. The summed E-state index contributed by atoms with van der Waals surface area (Å²) in [6, 6.07) is 17.6. The third kappa shape index (κ3) is 7.25. The lowest BCUT2D eigenvalue weighted by molar-refractivity contribution is -0.137. The van der Waals surface area contributed by atoms with Gasteiger partial charge in [0, 0.05) is 31.9 Å². The van der Waals surface area contributed by atoms with Gasteiger partial charge in [0.1, 0.15) is 6.04 Å². The summed E-state index contributed by atoms with van der Waals surface area (Å²) < 4.78 is 67.2. The normalized spacial score (nSPS) is 16.4. The molecule has 3 aromatic rings. The highest BCUT2D eigenvalue weighted by molar-refractivity contribution is 7.89. The molecular weight excluding hydrogens is 557 g/mol. The van der Waals surface area contributed by atoms with Gasteiger partial charge >= 0.3 is 12.2 Å². The van der Waals surface area contributed by atoms with Gasteiger partial charge in [-0.05, 0) is 53.4 Å². The Morgan fingerprint density at radius 1 is 0.927 bits per heavy atom. The van der Waals surface area contributed by atoms with Crippen LogP contribution in [-0.4, -0.2) is 55.2 Å². The molecule has 0 radical (unpaired) electrons. The van der Waals surface area contributed by atoms with Crippen LogP contribution in [0.2, 0.25) is 0 Å². The molecule has 0 spiro atoms. The molecule has 0 aliphatic carbocycles. The number of nitrogens with one attached hydrogen (secondary N) is 2. The van der Waals surface area contributed by atoms with Crippen molar-refractivity contribution in [3.05, 3.63) is 95.6 Å². The highest BCUT2D eigenvalue weighted by Crippen LogP contribution is 2.31. The lowest BCUT2D eigenvalue weighted by Crippen LogP contribution is -2.61. The fourth-order valence-electron chi connectivity index (χ4n) is 4.45. The predicted molar refractivity (Wildman–Crippen MR) is 149 cm³/mol. The highest BCUT2D eigenvalue weighted by Gasteiger charge is 2.41. The number of sulfonamides is 1. The number of alkyl halides is 3. The Morgan fingerprint density at radius 2 is 1.56 bits per heavy atom. The number of urea groups is 1. The van der Waals surface area contributed by atoms with Crippen LogP contribution in [0, 0.1) is 0 Å². The molecule has 4 rings (SSSR count). The number of piperazine rings is 1. The van der Waals surface area contributed by atoms with Crippen LogP contribution in [0.1, 0.15) is 36.5 Å². The van der Waals surface area contributed by atoms with Gasteiger partial charge in [0.2, 0.25) is 15.9 Å². The van der Waals surface area contributed by atoms with Crippen molar-refractivity contribution in [3.8, 4) is 0 Å². The van der Waals surface area contributed by atoms with E-state index in [2.05, 4.69) is 24.5 Å². The number of rotatable bonds is 7. The summed E-state index contributed by atoms with van der Waals surface area (Å²) in [6.45, 7) is 3.73. The summed E-state index contributed by atoms with van der Waals surface area (Å²) in [5.41, 5.74) is 1.47. The average Bonchev–Trinajstić information content (AvgIpc) is 2.96. The Hall–Kier alpha value is -3.90. The summed E-state index contributed by atoms with van der Waals surface area (Å²) in [5.74, 6) is -0.302. The lowest BCUT2D eigenvalue weighted by atomic mass is 10.0. The molecule has 1 aliphatic heterocycles.